The van der Waals surface area contributed by atoms with Gasteiger partial charge in [0.1, 0.15) is 11.4 Å². The highest BCUT2D eigenvalue weighted by atomic mass is 32.2. The quantitative estimate of drug-likeness (QED) is 0.397. The van der Waals surface area contributed by atoms with Crippen LogP contribution in [0.5, 0.6) is 0 Å². The first-order chi connectivity index (χ1) is 16.1. The SMILES string of the molecule is CCS(=O)(=O)c1cc(-c2c(C(F)(F)F)n[nH]c2C)cnc1-c1nc2cc(C(F)(F)F)ncc2n1C. The highest BCUT2D eigenvalue weighted by Crippen LogP contribution is 2.39. The number of nitrogens with zero attached hydrogens (tertiary/aromatic N) is 5. The average Bonchev–Trinajstić information content (AvgIpc) is 3.32. The molecule has 0 saturated heterocycles. The lowest BCUT2D eigenvalue weighted by Gasteiger charge is -2.12. The van der Waals surface area contributed by atoms with E-state index in [1.807, 2.05) is 0 Å². The van der Waals surface area contributed by atoms with Crippen molar-refractivity contribution in [1.82, 2.24) is 29.7 Å². The zero-order chi connectivity index (χ0) is 25.9. The molecule has 0 bridgehead atoms. The first-order valence-electron chi connectivity index (χ1n) is 9.90. The summed E-state index contributed by atoms with van der Waals surface area (Å²) >= 11 is 0. The largest absolute Gasteiger partial charge is 0.435 e. The van der Waals surface area contributed by atoms with Gasteiger partial charge in [-0.3, -0.25) is 10.1 Å². The maximum atomic E-state index is 13.5. The molecular formula is C20H16F6N6O2S. The Kier molecular flexibility index (Phi) is 5.65. The van der Waals surface area contributed by atoms with Crippen LogP contribution in [0.1, 0.15) is 24.0 Å². The lowest BCUT2D eigenvalue weighted by molar-refractivity contribution is -0.141. The highest BCUT2D eigenvalue weighted by Gasteiger charge is 2.38. The molecule has 4 heterocycles. The molecule has 4 aromatic heterocycles. The molecule has 0 spiro atoms. The van der Waals surface area contributed by atoms with Crippen molar-refractivity contribution in [3.05, 3.63) is 41.6 Å². The van der Waals surface area contributed by atoms with Crippen LogP contribution < -0.4 is 0 Å². The van der Waals surface area contributed by atoms with Crippen LogP contribution in [0.25, 0.3) is 33.7 Å². The van der Waals surface area contributed by atoms with Crippen molar-refractivity contribution in [3.8, 4) is 22.6 Å². The predicted molar refractivity (Wildman–Crippen MR) is 112 cm³/mol. The molecule has 15 heteroatoms. The first kappa shape index (κ1) is 24.6. The molecule has 0 fully saturated rings. The summed E-state index contributed by atoms with van der Waals surface area (Å²) in [5, 5.41) is 5.53. The van der Waals surface area contributed by atoms with Gasteiger partial charge in [0, 0.05) is 30.1 Å². The van der Waals surface area contributed by atoms with Gasteiger partial charge in [-0.25, -0.2) is 18.4 Å². The van der Waals surface area contributed by atoms with E-state index >= 15 is 0 Å². The van der Waals surface area contributed by atoms with Crippen molar-refractivity contribution in [2.75, 3.05) is 5.75 Å². The van der Waals surface area contributed by atoms with Gasteiger partial charge >= 0.3 is 12.4 Å². The molecule has 0 saturated carbocycles. The summed E-state index contributed by atoms with van der Waals surface area (Å²) in [5.74, 6) is -0.509. The third-order valence-electron chi connectivity index (χ3n) is 5.34. The number of halogens is 6. The number of fused-ring (bicyclic) bond motifs is 1. The molecule has 4 aromatic rings. The van der Waals surface area contributed by atoms with Crippen LogP contribution in [0.4, 0.5) is 26.3 Å². The molecule has 0 aromatic carbocycles. The minimum absolute atomic E-state index is 0.0419. The van der Waals surface area contributed by atoms with E-state index in [0.717, 1.165) is 18.5 Å². The molecular weight excluding hydrogens is 502 g/mol. The Balaban J connectivity index is 1.98. The third-order valence-corrected chi connectivity index (χ3v) is 7.08. The van der Waals surface area contributed by atoms with E-state index in [1.54, 1.807) is 0 Å². The molecule has 4 rings (SSSR count). The summed E-state index contributed by atoms with van der Waals surface area (Å²) in [6.45, 7) is 2.68. The molecule has 0 atom stereocenters. The van der Waals surface area contributed by atoms with Gasteiger partial charge in [-0.15, -0.1) is 0 Å². The van der Waals surface area contributed by atoms with E-state index in [9.17, 15) is 34.8 Å². The second kappa shape index (κ2) is 8.03. The van der Waals surface area contributed by atoms with Crippen LogP contribution in [0, 0.1) is 6.92 Å². The monoisotopic (exact) mass is 518 g/mol. The van der Waals surface area contributed by atoms with Crippen LogP contribution in [-0.4, -0.2) is 43.9 Å². The van der Waals surface area contributed by atoms with Crippen molar-refractivity contribution < 1.29 is 34.8 Å². The van der Waals surface area contributed by atoms with E-state index in [0.29, 0.717) is 6.07 Å². The summed E-state index contributed by atoms with van der Waals surface area (Å²) in [6, 6.07) is 1.75. The number of hydrogen-bond donors (Lipinski definition) is 1. The number of imidazole rings is 1. The number of aryl methyl sites for hydroxylation is 2. The minimum atomic E-state index is -4.82. The van der Waals surface area contributed by atoms with Crippen LogP contribution in [0.15, 0.2) is 29.4 Å². The Hall–Kier alpha value is -3.49. The molecule has 0 aliphatic heterocycles. The molecule has 8 nitrogen and oxygen atoms in total. The number of rotatable bonds is 4. The Labute approximate surface area is 194 Å². The molecule has 0 radical (unpaired) electrons. The number of pyridine rings is 2. The lowest BCUT2D eigenvalue weighted by atomic mass is 10.0. The smallest absolute Gasteiger partial charge is 0.324 e. The van der Waals surface area contributed by atoms with Crippen molar-refractivity contribution >= 4 is 20.9 Å². The normalized spacial score (nSPS) is 13.1. The number of aromatic nitrogens is 6. The number of hydrogen-bond acceptors (Lipinski definition) is 6. The maximum absolute atomic E-state index is 13.5. The van der Waals surface area contributed by atoms with E-state index in [2.05, 4.69) is 25.1 Å². The summed E-state index contributed by atoms with van der Waals surface area (Å²) in [4.78, 5) is 11.2. The van der Waals surface area contributed by atoms with Crippen molar-refractivity contribution in [2.24, 2.45) is 7.05 Å². The van der Waals surface area contributed by atoms with Gasteiger partial charge in [-0.2, -0.15) is 31.4 Å². The van der Waals surface area contributed by atoms with Crippen molar-refractivity contribution in [3.63, 3.8) is 0 Å². The second-order valence-corrected chi connectivity index (χ2v) is 9.84. The number of sulfone groups is 1. The third kappa shape index (κ3) is 4.24. The Morgan fingerprint density at radius 1 is 1.03 bits per heavy atom. The van der Waals surface area contributed by atoms with Gasteiger partial charge in [0.25, 0.3) is 0 Å². The zero-order valence-corrected chi connectivity index (χ0v) is 19.1. The minimum Gasteiger partial charge on any atom is -0.324 e. The van der Waals surface area contributed by atoms with Gasteiger partial charge < -0.3 is 4.57 Å². The Morgan fingerprint density at radius 3 is 2.31 bits per heavy atom. The average molecular weight is 518 g/mol. The zero-order valence-electron chi connectivity index (χ0n) is 18.2. The van der Waals surface area contributed by atoms with Gasteiger partial charge in [-0.05, 0) is 19.1 Å². The molecule has 1 N–H and O–H groups in total. The van der Waals surface area contributed by atoms with E-state index in [4.69, 9.17) is 0 Å². The molecule has 186 valence electrons. The predicted octanol–water partition coefficient (Wildman–Crippen LogP) is 4.56. The number of H-pyrrole nitrogens is 1. The second-order valence-electron chi connectivity index (χ2n) is 7.59. The summed E-state index contributed by atoms with van der Waals surface area (Å²) in [7, 11) is -2.63. The number of alkyl halides is 6. The van der Waals surface area contributed by atoms with E-state index in [-0.39, 0.29) is 39.4 Å². The summed E-state index contributed by atoms with van der Waals surface area (Å²) < 4.78 is 107. The summed E-state index contributed by atoms with van der Waals surface area (Å²) in [6.07, 6.45) is -7.55. The van der Waals surface area contributed by atoms with Crippen LogP contribution in [0.3, 0.4) is 0 Å². The molecule has 0 aliphatic rings. The highest BCUT2D eigenvalue weighted by molar-refractivity contribution is 7.91. The Bertz CT molecular complexity index is 1550. The van der Waals surface area contributed by atoms with E-state index in [1.165, 1.54) is 25.5 Å². The summed E-state index contributed by atoms with van der Waals surface area (Å²) in [5.41, 5.74) is -3.07. The fraction of sp³-hybridized carbons (Fsp3) is 0.300. The first-order valence-corrected chi connectivity index (χ1v) is 11.6. The number of aromatic amines is 1. The molecule has 35 heavy (non-hydrogen) atoms. The fourth-order valence-electron chi connectivity index (χ4n) is 3.58. The lowest BCUT2D eigenvalue weighted by Crippen LogP contribution is -2.10. The topological polar surface area (TPSA) is 106 Å². The number of nitrogens with one attached hydrogen (secondary N) is 1. The van der Waals surface area contributed by atoms with E-state index < -0.39 is 44.2 Å². The van der Waals surface area contributed by atoms with Gasteiger partial charge in [0.15, 0.2) is 21.4 Å². The van der Waals surface area contributed by atoms with Crippen LogP contribution in [0.2, 0.25) is 0 Å². The maximum Gasteiger partial charge on any atom is 0.435 e. The molecule has 0 amide bonds. The van der Waals surface area contributed by atoms with Crippen molar-refractivity contribution in [2.45, 2.75) is 31.1 Å². The standard InChI is InChI=1S/C20H16F6N6O2S/c1-4-35(33,34)13-5-10(15-9(2)30-31-17(15)20(24,25)26)7-28-16(13)18-29-11-6-14(19(21,22)23)27-8-12(11)32(18)3/h5-8H,4H2,1-3H3,(H,30,31). The molecule has 0 aliphatic carbocycles. The van der Waals surface area contributed by atoms with Crippen LogP contribution >= 0.6 is 0 Å². The van der Waals surface area contributed by atoms with Crippen LogP contribution in [-0.2, 0) is 29.2 Å². The van der Waals surface area contributed by atoms with Gasteiger partial charge in [0.2, 0.25) is 0 Å². The molecule has 0 unspecified atom stereocenters. The van der Waals surface area contributed by atoms with Crippen molar-refractivity contribution in [1.29, 1.82) is 0 Å². The Morgan fingerprint density at radius 2 is 1.71 bits per heavy atom. The fourth-order valence-corrected chi connectivity index (χ4v) is 4.64. The van der Waals surface area contributed by atoms with Gasteiger partial charge in [-0.1, -0.05) is 6.92 Å². The van der Waals surface area contributed by atoms with Gasteiger partial charge in [0.05, 0.1) is 27.9 Å².